The largest absolute Gasteiger partial charge is 0.456 e. The fourth-order valence-electron chi connectivity index (χ4n) is 2.31. The fraction of sp³-hybridized carbons (Fsp3) is 0.250. The molecule has 2 aromatic rings. The second-order valence-electron chi connectivity index (χ2n) is 6.15. The lowest BCUT2D eigenvalue weighted by Crippen LogP contribution is -2.21. The van der Waals surface area contributed by atoms with E-state index in [-0.39, 0.29) is 23.4 Å². The van der Waals surface area contributed by atoms with Gasteiger partial charge in [0, 0.05) is 22.8 Å². The number of nitro benzene ring substituents is 1. The molecule has 9 heteroatoms. The highest BCUT2D eigenvalue weighted by atomic mass is 32.2. The third-order valence-corrected chi connectivity index (χ3v) is 5.02. The molecule has 0 bridgehead atoms. The van der Waals surface area contributed by atoms with Crippen LogP contribution in [0.1, 0.15) is 23.1 Å². The summed E-state index contributed by atoms with van der Waals surface area (Å²) < 4.78 is 4.94. The molecule has 0 radical (unpaired) electrons. The number of thioether (sulfide) groups is 1. The van der Waals surface area contributed by atoms with Crippen molar-refractivity contribution >= 4 is 35.0 Å². The van der Waals surface area contributed by atoms with Crippen molar-refractivity contribution in [1.29, 1.82) is 5.26 Å². The van der Waals surface area contributed by atoms with Crippen LogP contribution in [0.4, 0.5) is 11.4 Å². The first kappa shape index (κ1) is 21.9. The maximum atomic E-state index is 11.9. The number of carbonyl (C=O) groups is 2. The Morgan fingerprint density at radius 2 is 1.97 bits per heavy atom. The number of rotatable bonds is 8. The van der Waals surface area contributed by atoms with Gasteiger partial charge in [-0.25, -0.2) is 0 Å². The number of aryl methyl sites for hydroxylation is 2. The number of hydrogen-bond donors (Lipinski definition) is 1. The molecule has 0 spiro atoms. The molecule has 0 aromatic heterocycles. The first-order chi connectivity index (χ1) is 13.8. The standard InChI is InChI=1S/C20H19N3O5S/c1-13-3-5-17(9-14(13)2)29-8-7-20(25)28-12-19(24)22-18-6-4-16(23(26)27)10-15(18)11-21/h3-6,9-10H,7-8,12H2,1-2H3,(H,22,24). The van der Waals surface area contributed by atoms with Crippen LogP contribution in [0.3, 0.4) is 0 Å². The van der Waals surface area contributed by atoms with Crippen LogP contribution in [0.25, 0.3) is 0 Å². The Balaban J connectivity index is 1.78. The number of amides is 1. The number of nitro groups is 1. The molecular formula is C20H19N3O5S. The Morgan fingerprint density at radius 3 is 2.62 bits per heavy atom. The molecule has 150 valence electrons. The highest BCUT2D eigenvalue weighted by molar-refractivity contribution is 7.99. The molecule has 0 aliphatic rings. The van der Waals surface area contributed by atoms with E-state index in [0.717, 1.165) is 11.0 Å². The number of nitrogens with one attached hydrogen (secondary N) is 1. The summed E-state index contributed by atoms with van der Waals surface area (Å²) in [6.45, 7) is 3.55. The Hall–Kier alpha value is -3.38. The van der Waals surface area contributed by atoms with Crippen LogP contribution >= 0.6 is 11.8 Å². The van der Waals surface area contributed by atoms with Crippen LogP contribution in [0, 0.1) is 35.3 Å². The fourth-order valence-corrected chi connectivity index (χ4v) is 3.24. The first-order valence-electron chi connectivity index (χ1n) is 8.64. The van der Waals surface area contributed by atoms with Gasteiger partial charge in [0.2, 0.25) is 0 Å². The monoisotopic (exact) mass is 413 g/mol. The molecule has 0 fully saturated rings. The highest BCUT2D eigenvalue weighted by Gasteiger charge is 2.14. The predicted molar refractivity (Wildman–Crippen MR) is 109 cm³/mol. The van der Waals surface area contributed by atoms with E-state index in [0.29, 0.717) is 5.75 Å². The Bertz CT molecular complexity index is 985. The number of nitriles is 1. The number of anilines is 1. The maximum absolute atomic E-state index is 11.9. The average Bonchev–Trinajstić information content (AvgIpc) is 2.69. The molecule has 1 N–H and O–H groups in total. The molecule has 0 saturated heterocycles. The number of esters is 1. The third kappa shape index (κ3) is 6.62. The molecule has 0 saturated carbocycles. The molecule has 29 heavy (non-hydrogen) atoms. The van der Waals surface area contributed by atoms with Gasteiger partial charge in [0.15, 0.2) is 6.61 Å². The summed E-state index contributed by atoms with van der Waals surface area (Å²) in [5.74, 6) is -0.629. The molecule has 8 nitrogen and oxygen atoms in total. The second kappa shape index (κ2) is 10.2. The van der Waals surface area contributed by atoms with Crippen molar-refractivity contribution in [2.24, 2.45) is 0 Å². The van der Waals surface area contributed by atoms with Gasteiger partial charge in [0.25, 0.3) is 11.6 Å². The summed E-state index contributed by atoms with van der Waals surface area (Å²) in [6, 6.07) is 11.3. The van der Waals surface area contributed by atoms with Gasteiger partial charge in [-0.05, 0) is 43.2 Å². The normalized spacial score (nSPS) is 10.1. The molecular weight excluding hydrogens is 394 g/mol. The summed E-state index contributed by atoms with van der Waals surface area (Å²) in [5.41, 5.74) is 2.19. The SMILES string of the molecule is Cc1ccc(SCCC(=O)OCC(=O)Nc2ccc([N+](=O)[O-])cc2C#N)cc1C. The summed E-state index contributed by atoms with van der Waals surface area (Å²) in [7, 11) is 0. The van der Waals surface area contributed by atoms with Gasteiger partial charge >= 0.3 is 5.97 Å². The zero-order valence-corrected chi connectivity index (χ0v) is 16.7. The number of hydrogen-bond acceptors (Lipinski definition) is 7. The van der Waals surface area contributed by atoms with E-state index >= 15 is 0 Å². The maximum Gasteiger partial charge on any atom is 0.307 e. The van der Waals surface area contributed by atoms with Gasteiger partial charge < -0.3 is 10.1 Å². The van der Waals surface area contributed by atoms with Gasteiger partial charge in [-0.3, -0.25) is 19.7 Å². The minimum atomic E-state index is -0.635. The quantitative estimate of drug-likeness (QED) is 0.303. The molecule has 0 unspecified atom stereocenters. The minimum Gasteiger partial charge on any atom is -0.456 e. The third-order valence-electron chi connectivity index (χ3n) is 4.03. The van der Waals surface area contributed by atoms with Gasteiger partial charge in [-0.2, -0.15) is 5.26 Å². The lowest BCUT2D eigenvalue weighted by atomic mass is 10.1. The number of nitrogens with zero attached hydrogens (tertiary/aromatic N) is 2. The Morgan fingerprint density at radius 1 is 1.21 bits per heavy atom. The van der Waals surface area contributed by atoms with Crippen molar-refractivity contribution in [3.8, 4) is 6.07 Å². The van der Waals surface area contributed by atoms with Crippen LogP contribution < -0.4 is 5.32 Å². The van der Waals surface area contributed by atoms with Gasteiger partial charge in [-0.15, -0.1) is 11.8 Å². The Kier molecular flexibility index (Phi) is 7.74. The first-order valence-corrected chi connectivity index (χ1v) is 9.62. The smallest absolute Gasteiger partial charge is 0.307 e. The molecule has 0 heterocycles. The van der Waals surface area contributed by atoms with Crippen LogP contribution in [-0.2, 0) is 14.3 Å². The summed E-state index contributed by atoms with van der Waals surface area (Å²) in [5, 5.41) is 22.2. The predicted octanol–water partition coefficient (Wildman–Crippen LogP) is 3.75. The van der Waals surface area contributed by atoms with Gasteiger partial charge in [0.1, 0.15) is 6.07 Å². The van der Waals surface area contributed by atoms with E-state index in [9.17, 15) is 19.7 Å². The molecule has 1 amide bonds. The molecule has 0 atom stereocenters. The zero-order chi connectivity index (χ0) is 21.4. The molecule has 0 aliphatic carbocycles. The lowest BCUT2D eigenvalue weighted by molar-refractivity contribution is -0.384. The van der Waals surface area contributed by atoms with Crippen molar-refractivity contribution in [2.75, 3.05) is 17.7 Å². The van der Waals surface area contributed by atoms with E-state index in [2.05, 4.69) is 11.4 Å². The van der Waals surface area contributed by atoms with Crippen LogP contribution in [-0.4, -0.2) is 29.2 Å². The van der Waals surface area contributed by atoms with Crippen LogP contribution in [0.2, 0.25) is 0 Å². The molecule has 2 aromatic carbocycles. The zero-order valence-electron chi connectivity index (χ0n) is 15.9. The van der Waals surface area contributed by atoms with Gasteiger partial charge in [-0.1, -0.05) is 6.07 Å². The summed E-state index contributed by atoms with van der Waals surface area (Å²) in [6.07, 6.45) is 0.145. The summed E-state index contributed by atoms with van der Waals surface area (Å²) >= 11 is 1.52. The van der Waals surface area contributed by atoms with E-state index in [4.69, 9.17) is 10.00 Å². The van der Waals surface area contributed by atoms with Crippen LogP contribution in [0.15, 0.2) is 41.3 Å². The molecule has 0 aliphatic heterocycles. The lowest BCUT2D eigenvalue weighted by Gasteiger charge is -2.08. The van der Waals surface area contributed by atoms with Gasteiger partial charge in [0.05, 0.1) is 22.6 Å². The minimum absolute atomic E-state index is 0.0522. The van der Waals surface area contributed by atoms with E-state index in [1.165, 1.54) is 35.0 Å². The van der Waals surface area contributed by atoms with Crippen LogP contribution in [0.5, 0.6) is 0 Å². The highest BCUT2D eigenvalue weighted by Crippen LogP contribution is 2.22. The van der Waals surface area contributed by atoms with Crippen molar-refractivity contribution in [1.82, 2.24) is 0 Å². The molecule has 2 rings (SSSR count). The van der Waals surface area contributed by atoms with E-state index in [1.807, 2.05) is 26.0 Å². The number of non-ortho nitro benzene ring substituents is 1. The van der Waals surface area contributed by atoms with E-state index in [1.54, 1.807) is 6.07 Å². The topological polar surface area (TPSA) is 122 Å². The Labute approximate surface area is 172 Å². The van der Waals surface area contributed by atoms with Crippen molar-refractivity contribution < 1.29 is 19.2 Å². The average molecular weight is 413 g/mol. The van der Waals surface area contributed by atoms with Crippen molar-refractivity contribution in [3.05, 3.63) is 63.2 Å². The van der Waals surface area contributed by atoms with E-state index < -0.39 is 23.4 Å². The number of ether oxygens (including phenoxy) is 1. The summed E-state index contributed by atoms with van der Waals surface area (Å²) in [4.78, 5) is 34.9. The number of benzene rings is 2. The number of carbonyl (C=O) groups excluding carboxylic acids is 2. The van der Waals surface area contributed by atoms with Crippen molar-refractivity contribution in [3.63, 3.8) is 0 Å². The van der Waals surface area contributed by atoms with Crippen molar-refractivity contribution in [2.45, 2.75) is 25.2 Å². The second-order valence-corrected chi connectivity index (χ2v) is 7.32.